The van der Waals surface area contributed by atoms with Crippen LogP contribution < -0.4 is 14.8 Å². The standard InChI is InChI=1S/C24H27N3O5/c1-15-20(16(2)32-26-15)14-31-21-10-9-18(12-22(21)30-5)23(28)25-13-17-7-6-8-19(11-17)24(29)27(3)4/h6-12H,13-14H2,1-5H3,(H,25,28). The number of carbonyl (C=O) groups is 2. The number of nitrogens with zero attached hydrogens (tertiary/aromatic N) is 2. The molecule has 168 valence electrons. The van der Waals surface area contributed by atoms with Crippen molar-refractivity contribution in [3.63, 3.8) is 0 Å². The third kappa shape index (κ3) is 5.26. The molecule has 8 heteroatoms. The third-order valence-corrected chi connectivity index (χ3v) is 5.01. The maximum atomic E-state index is 12.7. The summed E-state index contributed by atoms with van der Waals surface area (Å²) in [5.74, 6) is 1.32. The molecule has 3 aromatic rings. The highest BCUT2D eigenvalue weighted by molar-refractivity contribution is 5.95. The van der Waals surface area contributed by atoms with Crippen molar-refractivity contribution in [2.75, 3.05) is 21.2 Å². The summed E-state index contributed by atoms with van der Waals surface area (Å²) in [5.41, 5.74) is 3.49. The lowest BCUT2D eigenvalue weighted by molar-refractivity contribution is 0.0827. The van der Waals surface area contributed by atoms with E-state index in [2.05, 4.69) is 10.5 Å². The molecule has 0 radical (unpaired) electrons. The number of hydrogen-bond donors (Lipinski definition) is 1. The van der Waals surface area contributed by atoms with Crippen LogP contribution in [0.5, 0.6) is 11.5 Å². The Morgan fingerprint density at radius 3 is 2.50 bits per heavy atom. The molecule has 0 saturated carbocycles. The highest BCUT2D eigenvalue weighted by Crippen LogP contribution is 2.29. The normalized spacial score (nSPS) is 10.5. The number of aryl methyl sites for hydroxylation is 2. The summed E-state index contributed by atoms with van der Waals surface area (Å²) in [6.07, 6.45) is 0. The average Bonchev–Trinajstić information content (AvgIpc) is 3.12. The fraction of sp³-hybridized carbons (Fsp3) is 0.292. The minimum absolute atomic E-state index is 0.0879. The van der Waals surface area contributed by atoms with Crippen molar-refractivity contribution in [2.45, 2.75) is 27.0 Å². The van der Waals surface area contributed by atoms with Gasteiger partial charge < -0.3 is 24.2 Å². The van der Waals surface area contributed by atoms with Crippen molar-refractivity contribution < 1.29 is 23.6 Å². The topological polar surface area (TPSA) is 93.9 Å². The second kappa shape index (κ2) is 10.00. The zero-order chi connectivity index (χ0) is 23.3. The number of carbonyl (C=O) groups excluding carboxylic acids is 2. The lowest BCUT2D eigenvalue weighted by atomic mass is 10.1. The van der Waals surface area contributed by atoms with E-state index < -0.39 is 0 Å². The molecule has 1 N–H and O–H groups in total. The van der Waals surface area contributed by atoms with Gasteiger partial charge in [-0.2, -0.15) is 0 Å². The fourth-order valence-corrected chi connectivity index (χ4v) is 3.14. The molecule has 3 rings (SSSR count). The number of benzene rings is 2. The van der Waals surface area contributed by atoms with Crippen LogP contribution >= 0.6 is 0 Å². The van der Waals surface area contributed by atoms with Gasteiger partial charge in [0, 0.05) is 31.8 Å². The Morgan fingerprint density at radius 1 is 1.06 bits per heavy atom. The smallest absolute Gasteiger partial charge is 0.253 e. The van der Waals surface area contributed by atoms with Crippen LogP contribution in [-0.4, -0.2) is 43.1 Å². The van der Waals surface area contributed by atoms with Gasteiger partial charge in [-0.15, -0.1) is 0 Å². The molecule has 0 unspecified atom stereocenters. The number of hydrogen-bond acceptors (Lipinski definition) is 6. The van der Waals surface area contributed by atoms with Gasteiger partial charge in [-0.25, -0.2) is 0 Å². The lowest BCUT2D eigenvalue weighted by Crippen LogP contribution is -2.24. The Kier molecular flexibility index (Phi) is 7.14. The molecule has 1 aromatic heterocycles. The molecular weight excluding hydrogens is 410 g/mol. The molecular formula is C24H27N3O5. The summed E-state index contributed by atoms with van der Waals surface area (Å²) in [7, 11) is 4.92. The Morgan fingerprint density at radius 2 is 1.84 bits per heavy atom. The van der Waals surface area contributed by atoms with E-state index in [4.69, 9.17) is 14.0 Å². The van der Waals surface area contributed by atoms with Gasteiger partial charge in [0.25, 0.3) is 11.8 Å². The van der Waals surface area contributed by atoms with Gasteiger partial charge in [-0.3, -0.25) is 9.59 Å². The predicted molar refractivity (Wildman–Crippen MR) is 119 cm³/mol. The van der Waals surface area contributed by atoms with Crippen LogP contribution in [-0.2, 0) is 13.2 Å². The van der Waals surface area contributed by atoms with E-state index in [0.717, 1.165) is 16.8 Å². The second-order valence-corrected chi connectivity index (χ2v) is 7.54. The van der Waals surface area contributed by atoms with E-state index >= 15 is 0 Å². The first-order valence-electron chi connectivity index (χ1n) is 10.1. The van der Waals surface area contributed by atoms with Crippen molar-refractivity contribution in [2.24, 2.45) is 0 Å². The van der Waals surface area contributed by atoms with E-state index in [1.54, 1.807) is 50.5 Å². The molecule has 0 bridgehead atoms. The van der Waals surface area contributed by atoms with Crippen LogP contribution in [0, 0.1) is 13.8 Å². The minimum Gasteiger partial charge on any atom is -0.493 e. The molecule has 8 nitrogen and oxygen atoms in total. The Balaban J connectivity index is 1.66. The van der Waals surface area contributed by atoms with Gasteiger partial charge in [0.15, 0.2) is 11.5 Å². The molecule has 0 aliphatic heterocycles. The molecule has 32 heavy (non-hydrogen) atoms. The van der Waals surface area contributed by atoms with Crippen LogP contribution in [0.15, 0.2) is 47.0 Å². The molecule has 0 fully saturated rings. The molecule has 1 heterocycles. The van der Waals surface area contributed by atoms with E-state index in [1.165, 1.54) is 12.0 Å². The number of methoxy groups -OCH3 is 1. The van der Waals surface area contributed by atoms with Gasteiger partial charge in [0.2, 0.25) is 0 Å². The van der Waals surface area contributed by atoms with Gasteiger partial charge in [0.1, 0.15) is 12.4 Å². The van der Waals surface area contributed by atoms with Crippen molar-refractivity contribution in [3.8, 4) is 11.5 Å². The summed E-state index contributed by atoms with van der Waals surface area (Å²) in [6, 6.07) is 12.2. The summed E-state index contributed by atoms with van der Waals surface area (Å²) >= 11 is 0. The van der Waals surface area contributed by atoms with Crippen LogP contribution in [0.1, 0.15) is 43.3 Å². The second-order valence-electron chi connectivity index (χ2n) is 7.54. The Hall–Kier alpha value is -3.81. The average molecular weight is 437 g/mol. The highest BCUT2D eigenvalue weighted by atomic mass is 16.5. The molecule has 0 aliphatic rings. The summed E-state index contributed by atoms with van der Waals surface area (Å²) in [6.45, 7) is 4.26. The molecule has 2 aromatic carbocycles. The molecule has 2 amide bonds. The largest absolute Gasteiger partial charge is 0.493 e. The van der Waals surface area contributed by atoms with E-state index in [9.17, 15) is 9.59 Å². The zero-order valence-corrected chi connectivity index (χ0v) is 18.9. The van der Waals surface area contributed by atoms with Crippen molar-refractivity contribution in [3.05, 3.63) is 76.2 Å². The number of ether oxygens (including phenoxy) is 2. The quantitative estimate of drug-likeness (QED) is 0.580. The van der Waals surface area contributed by atoms with Crippen LogP contribution in [0.3, 0.4) is 0 Å². The monoisotopic (exact) mass is 437 g/mol. The SMILES string of the molecule is COc1cc(C(=O)NCc2cccc(C(=O)N(C)C)c2)ccc1OCc1c(C)noc1C. The summed E-state index contributed by atoms with van der Waals surface area (Å²) in [4.78, 5) is 26.3. The first kappa shape index (κ1) is 22.9. The van der Waals surface area contributed by atoms with Crippen molar-refractivity contribution >= 4 is 11.8 Å². The Bertz CT molecular complexity index is 1100. The van der Waals surface area contributed by atoms with E-state index in [1.807, 2.05) is 19.9 Å². The van der Waals surface area contributed by atoms with Crippen LogP contribution in [0.4, 0.5) is 0 Å². The molecule has 0 saturated heterocycles. The molecule has 0 spiro atoms. The van der Waals surface area contributed by atoms with Crippen LogP contribution in [0.25, 0.3) is 0 Å². The van der Waals surface area contributed by atoms with Gasteiger partial charge >= 0.3 is 0 Å². The first-order chi connectivity index (χ1) is 15.3. The molecule has 0 atom stereocenters. The fourth-order valence-electron chi connectivity index (χ4n) is 3.14. The number of nitrogens with one attached hydrogen (secondary N) is 1. The zero-order valence-electron chi connectivity index (χ0n) is 18.9. The predicted octanol–water partition coefficient (Wildman–Crippen LogP) is 3.51. The summed E-state index contributed by atoms with van der Waals surface area (Å²) < 4.78 is 16.4. The number of aromatic nitrogens is 1. The maximum absolute atomic E-state index is 12.7. The minimum atomic E-state index is -0.259. The first-order valence-corrected chi connectivity index (χ1v) is 10.1. The third-order valence-electron chi connectivity index (χ3n) is 5.01. The van der Waals surface area contributed by atoms with Gasteiger partial charge in [-0.05, 0) is 49.7 Å². The maximum Gasteiger partial charge on any atom is 0.253 e. The number of rotatable bonds is 8. The van der Waals surface area contributed by atoms with Crippen LogP contribution in [0.2, 0.25) is 0 Å². The van der Waals surface area contributed by atoms with Crippen molar-refractivity contribution in [1.29, 1.82) is 0 Å². The van der Waals surface area contributed by atoms with Crippen molar-refractivity contribution in [1.82, 2.24) is 15.4 Å². The van der Waals surface area contributed by atoms with E-state index in [-0.39, 0.29) is 18.4 Å². The Labute approximate surface area is 187 Å². The molecule has 0 aliphatic carbocycles. The van der Waals surface area contributed by atoms with Gasteiger partial charge in [0.05, 0.1) is 18.4 Å². The van der Waals surface area contributed by atoms with Gasteiger partial charge in [-0.1, -0.05) is 17.3 Å². The lowest BCUT2D eigenvalue weighted by Gasteiger charge is -2.13. The number of amides is 2. The summed E-state index contributed by atoms with van der Waals surface area (Å²) in [5, 5.41) is 6.79. The van der Waals surface area contributed by atoms with E-state index in [0.29, 0.717) is 34.9 Å². The highest BCUT2D eigenvalue weighted by Gasteiger charge is 2.15.